The first-order valence-electron chi connectivity index (χ1n) is 6.92. The summed E-state index contributed by atoms with van der Waals surface area (Å²) >= 11 is 0. The number of carbonyl (C=O) groups excluding carboxylic acids is 1. The highest BCUT2D eigenvalue weighted by Crippen LogP contribution is 2.31. The van der Waals surface area contributed by atoms with Gasteiger partial charge < -0.3 is 11.0 Å². The molecule has 0 saturated carbocycles. The summed E-state index contributed by atoms with van der Waals surface area (Å²) < 4.78 is 0. The summed E-state index contributed by atoms with van der Waals surface area (Å²) in [6.07, 6.45) is 2.74. The molecule has 0 rings (SSSR count). The quantitative estimate of drug-likeness (QED) is 0.565. The van der Waals surface area contributed by atoms with Crippen LogP contribution in [0, 0.1) is 10.8 Å². The molecule has 4 heteroatoms. The van der Waals surface area contributed by atoms with Gasteiger partial charge in [0.2, 0.25) is 13.3 Å². The highest BCUT2D eigenvalue weighted by molar-refractivity contribution is 6.57. The first-order valence-corrected chi connectivity index (χ1v) is 6.92. The fourth-order valence-electron chi connectivity index (χ4n) is 2.21. The second kappa shape index (κ2) is 6.60. The maximum atomic E-state index is 10.7. The summed E-state index contributed by atoms with van der Waals surface area (Å²) in [6.45, 7) is 15.5. The number of carbonyl (C=O) groups is 1. The average Bonchev–Trinajstić information content (AvgIpc) is 2.12. The van der Waals surface area contributed by atoms with Crippen LogP contribution in [0.15, 0.2) is 0 Å². The second-order valence-corrected chi connectivity index (χ2v) is 7.84. The normalized spacial score (nSPS) is 16.0. The summed E-state index contributed by atoms with van der Waals surface area (Å²) in [5.41, 5.74) is 6.59. The topological polar surface area (TPSA) is 55.1 Å². The first-order chi connectivity index (χ1) is 7.97. The van der Waals surface area contributed by atoms with Gasteiger partial charge >= 0.3 is 0 Å². The molecule has 106 valence electrons. The molecule has 0 radical (unpaired) electrons. The maximum absolute atomic E-state index is 10.7. The molecule has 0 saturated heterocycles. The van der Waals surface area contributed by atoms with Crippen LogP contribution < -0.4 is 11.0 Å². The van der Waals surface area contributed by atoms with Crippen molar-refractivity contribution in [2.75, 3.05) is 0 Å². The van der Waals surface area contributed by atoms with E-state index in [-0.39, 0.29) is 23.7 Å². The fourth-order valence-corrected chi connectivity index (χ4v) is 2.21. The van der Waals surface area contributed by atoms with E-state index < -0.39 is 0 Å². The smallest absolute Gasteiger partial charge is 0.221 e. The van der Waals surface area contributed by atoms with Gasteiger partial charge in [-0.1, -0.05) is 54.8 Å². The van der Waals surface area contributed by atoms with E-state index in [1.54, 1.807) is 0 Å². The Kier molecular flexibility index (Phi) is 6.42. The van der Waals surface area contributed by atoms with Crippen LogP contribution in [0.4, 0.5) is 0 Å². The molecule has 18 heavy (non-hydrogen) atoms. The Balaban J connectivity index is 4.50. The molecule has 0 aliphatic carbocycles. The van der Waals surface area contributed by atoms with Crippen molar-refractivity contribution >= 4 is 13.3 Å². The van der Waals surface area contributed by atoms with Crippen molar-refractivity contribution in [2.45, 2.75) is 73.1 Å². The Hall–Kier alpha value is -0.505. The zero-order valence-corrected chi connectivity index (χ0v) is 13.2. The third-order valence-electron chi connectivity index (χ3n) is 3.50. The van der Waals surface area contributed by atoms with Gasteiger partial charge in [0, 0.05) is 6.04 Å². The number of hydrogen-bond acceptors (Lipinski definition) is 2. The predicted molar refractivity (Wildman–Crippen MR) is 80.7 cm³/mol. The zero-order valence-electron chi connectivity index (χ0n) is 13.2. The monoisotopic (exact) mass is 254 g/mol. The summed E-state index contributed by atoms with van der Waals surface area (Å²) in [5.74, 6) is 0.404. The molecular weight excluding hydrogens is 223 g/mol. The van der Waals surface area contributed by atoms with E-state index in [0.29, 0.717) is 5.82 Å². The molecule has 0 bridgehead atoms. The molecule has 0 aliphatic rings. The van der Waals surface area contributed by atoms with Gasteiger partial charge in [0.25, 0.3) is 0 Å². The lowest BCUT2D eigenvalue weighted by Gasteiger charge is -2.34. The van der Waals surface area contributed by atoms with Crippen molar-refractivity contribution in [3.05, 3.63) is 0 Å². The third-order valence-corrected chi connectivity index (χ3v) is 3.50. The first kappa shape index (κ1) is 17.5. The number of rotatable bonds is 6. The van der Waals surface area contributed by atoms with Gasteiger partial charge in [0.1, 0.15) is 0 Å². The molecule has 3 N–H and O–H groups in total. The Morgan fingerprint density at radius 2 is 1.72 bits per heavy atom. The highest BCUT2D eigenvalue weighted by Gasteiger charge is 2.30. The lowest BCUT2D eigenvalue weighted by molar-refractivity contribution is -0.110. The largest absolute Gasteiger partial charge is 0.369 e. The molecule has 0 heterocycles. The summed E-state index contributed by atoms with van der Waals surface area (Å²) in [7, 11) is 0. The Bertz CT molecular complexity index is 256. The minimum absolute atomic E-state index is 0.0661. The highest BCUT2D eigenvalue weighted by atomic mass is 16.1. The second-order valence-electron chi connectivity index (χ2n) is 7.84. The summed E-state index contributed by atoms with van der Waals surface area (Å²) in [4.78, 5) is 10.7. The number of nitrogens with one attached hydrogen (secondary N) is 1. The minimum Gasteiger partial charge on any atom is -0.369 e. The van der Waals surface area contributed by atoms with E-state index in [1.807, 2.05) is 0 Å². The van der Waals surface area contributed by atoms with Gasteiger partial charge in [-0.05, 0) is 23.1 Å². The van der Waals surface area contributed by atoms with Gasteiger partial charge in [-0.3, -0.25) is 4.79 Å². The van der Waals surface area contributed by atoms with Crippen molar-refractivity contribution in [2.24, 2.45) is 16.5 Å². The van der Waals surface area contributed by atoms with Crippen LogP contribution in [0.25, 0.3) is 0 Å². The van der Waals surface area contributed by atoms with Gasteiger partial charge in [-0.2, -0.15) is 0 Å². The van der Waals surface area contributed by atoms with E-state index in [4.69, 9.17) is 5.64 Å². The van der Waals surface area contributed by atoms with Gasteiger partial charge in [-0.15, -0.1) is 0 Å². The van der Waals surface area contributed by atoms with Crippen molar-refractivity contribution in [3.8, 4) is 0 Å². The fraction of sp³-hybridized carbons (Fsp3) is 0.929. The van der Waals surface area contributed by atoms with Crippen molar-refractivity contribution in [1.29, 1.82) is 0 Å². The SMILES string of the molecule is CC(CC(NC=O)C(C)(C)C)B(N)CC(C)(C)C. The van der Waals surface area contributed by atoms with Crippen LogP contribution in [-0.4, -0.2) is 19.3 Å². The van der Waals surface area contributed by atoms with Crippen LogP contribution >= 0.6 is 0 Å². The molecule has 0 spiro atoms. The lowest BCUT2D eigenvalue weighted by Crippen LogP contribution is -2.43. The van der Waals surface area contributed by atoms with Gasteiger partial charge in [0.05, 0.1) is 0 Å². The van der Waals surface area contributed by atoms with E-state index in [2.05, 4.69) is 53.8 Å². The van der Waals surface area contributed by atoms with E-state index in [9.17, 15) is 4.79 Å². The molecule has 0 aromatic carbocycles. The molecule has 3 nitrogen and oxygen atoms in total. The molecule has 0 aromatic rings. The van der Waals surface area contributed by atoms with Gasteiger partial charge in [-0.25, -0.2) is 0 Å². The Morgan fingerprint density at radius 3 is 2.06 bits per heavy atom. The Morgan fingerprint density at radius 1 is 1.22 bits per heavy atom. The van der Waals surface area contributed by atoms with Crippen LogP contribution in [0.5, 0.6) is 0 Å². The molecule has 2 unspecified atom stereocenters. The number of amides is 1. The molecular formula is C14H31BN2O. The molecule has 2 atom stereocenters. The maximum Gasteiger partial charge on any atom is 0.221 e. The molecule has 0 aliphatic heterocycles. The summed E-state index contributed by atoms with van der Waals surface area (Å²) in [6, 6.07) is 0.177. The summed E-state index contributed by atoms with van der Waals surface area (Å²) in [5, 5.41) is 2.94. The van der Waals surface area contributed by atoms with E-state index in [1.165, 1.54) is 0 Å². The van der Waals surface area contributed by atoms with Crippen LogP contribution in [-0.2, 0) is 4.79 Å². The van der Waals surface area contributed by atoms with Gasteiger partial charge in [0.15, 0.2) is 0 Å². The van der Waals surface area contributed by atoms with Crippen LogP contribution in [0.3, 0.4) is 0 Å². The van der Waals surface area contributed by atoms with Crippen molar-refractivity contribution in [1.82, 2.24) is 5.32 Å². The van der Waals surface area contributed by atoms with E-state index in [0.717, 1.165) is 19.2 Å². The standard InChI is InChI=1S/C14H31BN2O/c1-11(15(16)9-13(2,3)4)8-12(17-10-18)14(5,6)7/h10-12H,8-9,16H2,1-7H3,(H,17,18). The minimum atomic E-state index is 0.0661. The molecule has 1 amide bonds. The lowest BCUT2D eigenvalue weighted by atomic mass is 9.45. The third kappa shape index (κ3) is 7.05. The average molecular weight is 254 g/mol. The van der Waals surface area contributed by atoms with Crippen LogP contribution in [0.1, 0.15) is 54.9 Å². The zero-order chi connectivity index (χ0) is 14.6. The molecule has 0 aromatic heterocycles. The molecule has 0 fully saturated rings. The van der Waals surface area contributed by atoms with Crippen molar-refractivity contribution < 1.29 is 4.79 Å². The predicted octanol–water partition coefficient (Wildman–Crippen LogP) is 2.92. The van der Waals surface area contributed by atoms with Crippen LogP contribution in [0.2, 0.25) is 12.1 Å². The van der Waals surface area contributed by atoms with E-state index >= 15 is 0 Å². The Labute approximate surface area is 113 Å². The van der Waals surface area contributed by atoms with Crippen molar-refractivity contribution in [3.63, 3.8) is 0 Å². The number of nitrogens with two attached hydrogens (primary N) is 1. The number of hydrogen-bond donors (Lipinski definition) is 2.